The van der Waals surface area contributed by atoms with E-state index in [9.17, 15) is 8.78 Å². The monoisotopic (exact) mass is 503 g/mol. The predicted octanol–water partition coefficient (Wildman–Crippen LogP) is 6.03. The van der Waals surface area contributed by atoms with Crippen LogP contribution in [0.1, 0.15) is 35.4 Å². The van der Waals surface area contributed by atoms with Crippen molar-refractivity contribution >= 4 is 12.4 Å². The van der Waals surface area contributed by atoms with Gasteiger partial charge in [0.15, 0.2) is 11.6 Å². The van der Waals surface area contributed by atoms with Crippen LogP contribution in [-0.2, 0) is 22.7 Å². The van der Waals surface area contributed by atoms with Crippen LogP contribution in [0.15, 0.2) is 72.8 Å². The van der Waals surface area contributed by atoms with Crippen molar-refractivity contribution in [2.75, 3.05) is 26.3 Å². The van der Waals surface area contributed by atoms with Crippen molar-refractivity contribution in [3.63, 3.8) is 0 Å². The van der Waals surface area contributed by atoms with Crippen LogP contribution in [0, 0.1) is 11.6 Å². The fourth-order valence-corrected chi connectivity index (χ4v) is 4.17. The maximum absolute atomic E-state index is 14.0. The fourth-order valence-electron chi connectivity index (χ4n) is 4.17. The zero-order valence-electron chi connectivity index (χ0n) is 19.6. The van der Waals surface area contributed by atoms with Gasteiger partial charge in [-0.2, -0.15) is 0 Å². The van der Waals surface area contributed by atoms with E-state index in [2.05, 4.69) is 29.6 Å². The van der Waals surface area contributed by atoms with Crippen LogP contribution in [0.3, 0.4) is 0 Å². The summed E-state index contributed by atoms with van der Waals surface area (Å²) in [4.78, 5) is 0. The van der Waals surface area contributed by atoms with Crippen molar-refractivity contribution in [2.24, 2.45) is 0 Å². The SMILES string of the molecule is Cl.Fc1cccc(COC2CNCCC2c2ccc(OCCCOCc3ccccc3)cc2)c1F. The first kappa shape index (κ1) is 27.1. The van der Waals surface area contributed by atoms with Crippen LogP contribution in [-0.4, -0.2) is 32.4 Å². The number of rotatable bonds is 11. The molecule has 1 aliphatic rings. The number of hydrogen-bond acceptors (Lipinski definition) is 4. The molecule has 1 heterocycles. The Morgan fingerprint density at radius 2 is 1.66 bits per heavy atom. The summed E-state index contributed by atoms with van der Waals surface area (Å²) >= 11 is 0. The first-order valence-electron chi connectivity index (χ1n) is 11.8. The first-order valence-corrected chi connectivity index (χ1v) is 11.8. The van der Waals surface area contributed by atoms with E-state index < -0.39 is 11.6 Å². The molecule has 35 heavy (non-hydrogen) atoms. The lowest BCUT2D eigenvalue weighted by atomic mass is 9.87. The van der Waals surface area contributed by atoms with Crippen LogP contribution in [0.2, 0.25) is 0 Å². The molecule has 7 heteroatoms. The largest absolute Gasteiger partial charge is 0.494 e. The lowest BCUT2D eigenvalue weighted by molar-refractivity contribution is 0.00916. The van der Waals surface area contributed by atoms with Gasteiger partial charge in [0.05, 0.1) is 32.5 Å². The van der Waals surface area contributed by atoms with Crippen LogP contribution >= 0.6 is 12.4 Å². The molecule has 1 N–H and O–H groups in total. The zero-order chi connectivity index (χ0) is 23.6. The number of benzene rings is 3. The number of piperidine rings is 1. The number of hydrogen-bond donors (Lipinski definition) is 1. The molecule has 0 aliphatic carbocycles. The predicted molar refractivity (Wildman–Crippen MR) is 135 cm³/mol. The minimum absolute atomic E-state index is 0. The molecule has 1 aliphatic heterocycles. The lowest BCUT2D eigenvalue weighted by Crippen LogP contribution is -2.41. The summed E-state index contributed by atoms with van der Waals surface area (Å²) in [6.45, 7) is 3.45. The first-order chi connectivity index (χ1) is 16.7. The highest BCUT2D eigenvalue weighted by molar-refractivity contribution is 5.85. The molecule has 0 saturated carbocycles. The summed E-state index contributed by atoms with van der Waals surface area (Å²) in [6, 6.07) is 22.4. The van der Waals surface area contributed by atoms with Crippen LogP contribution < -0.4 is 10.1 Å². The van der Waals surface area contributed by atoms with Crippen LogP contribution in [0.25, 0.3) is 0 Å². The van der Waals surface area contributed by atoms with E-state index in [-0.39, 0.29) is 36.6 Å². The third kappa shape index (κ3) is 8.00. The molecular formula is C28H32ClF2NO3. The van der Waals surface area contributed by atoms with Gasteiger partial charge in [0.25, 0.3) is 0 Å². The summed E-state index contributed by atoms with van der Waals surface area (Å²) in [5.41, 5.74) is 2.56. The van der Waals surface area contributed by atoms with Gasteiger partial charge in [-0.25, -0.2) is 8.78 Å². The standard InChI is InChI=1S/C28H31F2NO3.ClH/c29-26-9-4-8-23(28(26)30)20-34-27-18-31-15-14-25(27)22-10-12-24(13-11-22)33-17-5-16-32-19-21-6-2-1-3-7-21;/h1-4,6-13,25,27,31H,5,14-20H2;1H. The van der Waals surface area contributed by atoms with Gasteiger partial charge < -0.3 is 19.5 Å². The minimum atomic E-state index is -0.849. The highest BCUT2D eigenvalue weighted by Crippen LogP contribution is 2.30. The Morgan fingerprint density at radius 3 is 2.46 bits per heavy atom. The Morgan fingerprint density at radius 1 is 0.857 bits per heavy atom. The Labute approximate surface area is 212 Å². The second-order valence-electron chi connectivity index (χ2n) is 8.47. The normalized spacial score (nSPS) is 17.5. The third-order valence-corrected chi connectivity index (χ3v) is 6.03. The molecular weight excluding hydrogens is 472 g/mol. The van der Waals surface area contributed by atoms with Crippen molar-refractivity contribution < 1.29 is 23.0 Å². The van der Waals surface area contributed by atoms with Gasteiger partial charge in [-0.05, 0) is 42.3 Å². The minimum Gasteiger partial charge on any atom is -0.494 e. The molecule has 3 aromatic rings. The van der Waals surface area contributed by atoms with E-state index in [4.69, 9.17) is 14.2 Å². The Hall–Kier alpha value is -2.51. The maximum atomic E-state index is 14.0. The third-order valence-electron chi connectivity index (χ3n) is 6.03. The fraction of sp³-hybridized carbons (Fsp3) is 0.357. The topological polar surface area (TPSA) is 39.7 Å². The summed E-state index contributed by atoms with van der Waals surface area (Å²) in [6.07, 6.45) is 1.61. The van der Waals surface area contributed by atoms with Gasteiger partial charge in [-0.15, -0.1) is 12.4 Å². The molecule has 0 spiro atoms. The van der Waals surface area contributed by atoms with E-state index in [1.165, 1.54) is 11.6 Å². The summed E-state index contributed by atoms with van der Waals surface area (Å²) < 4.78 is 45.0. The summed E-state index contributed by atoms with van der Waals surface area (Å²) in [5, 5.41) is 3.33. The molecule has 3 aromatic carbocycles. The molecule has 0 aromatic heterocycles. The molecule has 1 saturated heterocycles. The summed E-state index contributed by atoms with van der Waals surface area (Å²) in [5.74, 6) is -0.689. The van der Waals surface area contributed by atoms with Crippen molar-refractivity contribution in [3.05, 3.63) is 101 Å². The highest BCUT2D eigenvalue weighted by atomic mass is 35.5. The van der Waals surface area contributed by atoms with E-state index in [1.54, 1.807) is 6.07 Å². The van der Waals surface area contributed by atoms with Crippen molar-refractivity contribution in [2.45, 2.75) is 38.1 Å². The second kappa shape index (κ2) is 14.1. The van der Waals surface area contributed by atoms with Gasteiger partial charge in [-0.1, -0.05) is 54.6 Å². The van der Waals surface area contributed by atoms with Gasteiger partial charge in [0.2, 0.25) is 0 Å². The Bertz CT molecular complexity index is 1020. The van der Waals surface area contributed by atoms with Gasteiger partial charge >= 0.3 is 0 Å². The van der Waals surface area contributed by atoms with Crippen molar-refractivity contribution in [1.29, 1.82) is 0 Å². The maximum Gasteiger partial charge on any atom is 0.164 e. The molecule has 188 valence electrons. The Balaban J connectivity index is 0.00000342. The average molecular weight is 504 g/mol. The van der Waals surface area contributed by atoms with Gasteiger partial charge in [0, 0.05) is 24.4 Å². The van der Waals surface area contributed by atoms with Gasteiger partial charge in [-0.3, -0.25) is 0 Å². The number of halogens is 3. The highest BCUT2D eigenvalue weighted by Gasteiger charge is 2.27. The molecule has 0 radical (unpaired) electrons. The molecule has 2 atom stereocenters. The van der Waals surface area contributed by atoms with E-state index in [0.29, 0.717) is 26.4 Å². The lowest BCUT2D eigenvalue weighted by Gasteiger charge is -2.32. The molecule has 4 nitrogen and oxygen atoms in total. The van der Waals surface area contributed by atoms with Gasteiger partial charge in [0.1, 0.15) is 5.75 Å². The van der Waals surface area contributed by atoms with E-state index in [0.717, 1.165) is 36.8 Å². The quantitative estimate of drug-likeness (QED) is 0.324. The van der Waals surface area contributed by atoms with E-state index >= 15 is 0 Å². The van der Waals surface area contributed by atoms with Crippen LogP contribution in [0.5, 0.6) is 5.75 Å². The zero-order valence-corrected chi connectivity index (χ0v) is 20.4. The van der Waals surface area contributed by atoms with Crippen molar-refractivity contribution in [3.8, 4) is 5.75 Å². The number of ether oxygens (including phenoxy) is 3. The average Bonchev–Trinajstić information content (AvgIpc) is 2.88. The molecule has 0 amide bonds. The Kier molecular flexibility index (Phi) is 10.9. The smallest absolute Gasteiger partial charge is 0.164 e. The van der Waals surface area contributed by atoms with E-state index in [1.807, 2.05) is 30.3 Å². The molecule has 0 bridgehead atoms. The molecule has 2 unspecified atom stereocenters. The molecule has 1 fully saturated rings. The second-order valence-corrected chi connectivity index (χ2v) is 8.47. The molecule has 4 rings (SSSR count). The number of nitrogens with one attached hydrogen (secondary N) is 1. The van der Waals surface area contributed by atoms with Crippen LogP contribution in [0.4, 0.5) is 8.78 Å². The summed E-state index contributed by atoms with van der Waals surface area (Å²) in [7, 11) is 0. The van der Waals surface area contributed by atoms with Crippen molar-refractivity contribution in [1.82, 2.24) is 5.32 Å².